The number of carbonyl (C=O) groups excluding carboxylic acids is 1. The fourth-order valence-electron chi connectivity index (χ4n) is 2.84. The first-order valence-electron chi connectivity index (χ1n) is 7.95. The fourth-order valence-corrected chi connectivity index (χ4v) is 2.84. The van der Waals surface area contributed by atoms with Crippen LogP contribution in [0.1, 0.15) is 23.3 Å². The molecular weight excluding hydrogens is 326 g/mol. The van der Waals surface area contributed by atoms with Crippen LogP contribution in [0, 0.1) is 5.41 Å². The number of nitrogens with zero attached hydrogens (tertiary/aromatic N) is 1. The minimum atomic E-state index is -1.01. The molecule has 1 aliphatic heterocycles. The lowest BCUT2D eigenvalue weighted by Crippen LogP contribution is -2.46. The number of aromatic hydroxyl groups is 1. The average Bonchev–Trinajstić information content (AvgIpc) is 3.10. The van der Waals surface area contributed by atoms with E-state index in [9.17, 15) is 19.8 Å². The van der Waals surface area contributed by atoms with Gasteiger partial charge in [-0.25, -0.2) is 0 Å². The van der Waals surface area contributed by atoms with Crippen molar-refractivity contribution in [2.45, 2.75) is 12.8 Å². The maximum Gasteiger partial charge on any atom is 0.311 e. The van der Waals surface area contributed by atoms with E-state index in [1.54, 1.807) is 18.2 Å². The van der Waals surface area contributed by atoms with Crippen molar-refractivity contribution in [2.24, 2.45) is 5.41 Å². The fraction of sp³-hybridized carbons (Fsp3) is 0.353. The number of aromatic amines is 1. The summed E-state index contributed by atoms with van der Waals surface area (Å²) >= 11 is 0. The third-order valence-corrected chi connectivity index (χ3v) is 4.49. The van der Waals surface area contributed by atoms with E-state index in [0.29, 0.717) is 37.3 Å². The van der Waals surface area contributed by atoms with Crippen LogP contribution in [0.3, 0.4) is 0 Å². The highest BCUT2D eigenvalue weighted by Crippen LogP contribution is 2.30. The van der Waals surface area contributed by atoms with Crippen molar-refractivity contribution < 1.29 is 24.5 Å². The lowest BCUT2D eigenvalue weighted by atomic mass is 9.80. The van der Waals surface area contributed by atoms with E-state index in [0.717, 1.165) is 0 Å². The number of aliphatic carboxylic acids is 1. The van der Waals surface area contributed by atoms with Crippen molar-refractivity contribution in [1.29, 1.82) is 0 Å². The summed E-state index contributed by atoms with van der Waals surface area (Å²) in [5.41, 5.74) is 0.131. The van der Waals surface area contributed by atoms with Crippen LogP contribution in [-0.2, 0) is 9.53 Å². The topological polar surface area (TPSA) is 125 Å². The Morgan fingerprint density at radius 1 is 1.28 bits per heavy atom. The van der Waals surface area contributed by atoms with E-state index >= 15 is 0 Å². The van der Waals surface area contributed by atoms with Crippen molar-refractivity contribution in [3.05, 3.63) is 36.0 Å². The maximum atomic E-state index is 12.3. The molecule has 1 aliphatic rings. The number of carbonyl (C=O) groups is 2. The van der Waals surface area contributed by atoms with E-state index in [1.807, 2.05) is 0 Å². The molecule has 8 nitrogen and oxygen atoms in total. The molecule has 0 spiro atoms. The van der Waals surface area contributed by atoms with Crippen LogP contribution in [0.4, 0.5) is 0 Å². The van der Waals surface area contributed by atoms with Gasteiger partial charge in [0.1, 0.15) is 11.4 Å². The highest BCUT2D eigenvalue weighted by atomic mass is 16.5. The first-order chi connectivity index (χ1) is 12.0. The number of carboxylic acid groups (broad SMARTS) is 1. The Balaban J connectivity index is 1.70. The number of hydrogen-bond donors (Lipinski definition) is 4. The van der Waals surface area contributed by atoms with Crippen molar-refractivity contribution >= 4 is 11.9 Å². The number of phenolic OH excluding ortho intramolecular Hbond substituents is 1. The van der Waals surface area contributed by atoms with E-state index in [4.69, 9.17) is 4.74 Å². The van der Waals surface area contributed by atoms with Crippen molar-refractivity contribution in [1.82, 2.24) is 15.5 Å². The molecule has 132 valence electrons. The molecule has 0 aliphatic carbocycles. The van der Waals surface area contributed by atoms with Crippen LogP contribution in [0.15, 0.2) is 30.3 Å². The first kappa shape index (κ1) is 17.0. The Morgan fingerprint density at radius 3 is 2.68 bits per heavy atom. The molecule has 1 fully saturated rings. The Hall–Kier alpha value is -2.87. The molecule has 1 saturated heterocycles. The van der Waals surface area contributed by atoms with Gasteiger partial charge < -0.3 is 20.3 Å². The number of H-pyrrole nitrogens is 1. The van der Waals surface area contributed by atoms with Crippen molar-refractivity contribution in [3.8, 4) is 17.0 Å². The average molecular weight is 345 g/mol. The lowest BCUT2D eigenvalue weighted by molar-refractivity contribution is -0.154. The summed E-state index contributed by atoms with van der Waals surface area (Å²) in [7, 11) is 0. The van der Waals surface area contributed by atoms with E-state index in [1.165, 1.54) is 12.1 Å². The van der Waals surface area contributed by atoms with Gasteiger partial charge in [0.2, 0.25) is 0 Å². The molecule has 0 radical (unpaired) electrons. The number of ether oxygens (including phenoxy) is 1. The van der Waals surface area contributed by atoms with Crippen molar-refractivity contribution in [3.63, 3.8) is 0 Å². The Labute approximate surface area is 143 Å². The molecule has 8 heteroatoms. The van der Waals surface area contributed by atoms with Crippen LogP contribution in [0.2, 0.25) is 0 Å². The van der Waals surface area contributed by atoms with Crippen LogP contribution >= 0.6 is 0 Å². The Bertz CT molecular complexity index is 780. The van der Waals surface area contributed by atoms with Gasteiger partial charge >= 0.3 is 5.97 Å². The zero-order valence-corrected chi connectivity index (χ0v) is 13.5. The number of benzene rings is 1. The third-order valence-electron chi connectivity index (χ3n) is 4.49. The monoisotopic (exact) mass is 345 g/mol. The van der Waals surface area contributed by atoms with Crippen LogP contribution in [-0.4, -0.2) is 52.0 Å². The number of para-hydroxylation sites is 1. The van der Waals surface area contributed by atoms with Crippen LogP contribution in [0.5, 0.6) is 5.75 Å². The molecule has 2 heterocycles. The number of phenols is 1. The number of amides is 1. The van der Waals surface area contributed by atoms with Gasteiger partial charge in [0.25, 0.3) is 5.91 Å². The van der Waals surface area contributed by atoms with Gasteiger partial charge in [-0.15, -0.1) is 0 Å². The van der Waals surface area contributed by atoms with E-state index in [-0.39, 0.29) is 18.0 Å². The molecule has 3 rings (SSSR count). The summed E-state index contributed by atoms with van der Waals surface area (Å²) in [5.74, 6) is -1.31. The highest BCUT2D eigenvalue weighted by Gasteiger charge is 2.40. The standard InChI is InChI=1S/C17H19N3O5/c21-14-4-2-1-3-11(14)12-9-13(20-19-12)15(22)18-10-17(16(23)24)5-7-25-8-6-17/h1-4,9,21H,5-8,10H2,(H,18,22)(H,19,20)(H,23,24). The van der Waals surface area contributed by atoms with Gasteiger partial charge in [0.15, 0.2) is 0 Å². The van der Waals surface area contributed by atoms with Gasteiger partial charge in [0.05, 0.1) is 11.1 Å². The van der Waals surface area contributed by atoms with Gasteiger partial charge in [-0.1, -0.05) is 12.1 Å². The molecule has 0 saturated carbocycles. The Morgan fingerprint density at radius 2 is 2.00 bits per heavy atom. The predicted molar refractivity (Wildman–Crippen MR) is 88.1 cm³/mol. The quantitative estimate of drug-likeness (QED) is 0.649. The van der Waals surface area contributed by atoms with Crippen LogP contribution < -0.4 is 5.32 Å². The number of rotatable bonds is 5. The summed E-state index contributed by atoms with van der Waals surface area (Å²) in [6, 6.07) is 8.19. The zero-order chi connectivity index (χ0) is 17.9. The number of carboxylic acids is 1. The number of hydrogen-bond acceptors (Lipinski definition) is 5. The second kappa shape index (κ2) is 6.94. The smallest absolute Gasteiger partial charge is 0.311 e. The third kappa shape index (κ3) is 3.48. The molecule has 4 N–H and O–H groups in total. The molecular formula is C17H19N3O5. The molecule has 25 heavy (non-hydrogen) atoms. The van der Waals surface area contributed by atoms with Gasteiger partial charge in [-0.3, -0.25) is 14.7 Å². The maximum absolute atomic E-state index is 12.3. The second-order valence-electron chi connectivity index (χ2n) is 6.06. The van der Waals surface area contributed by atoms with Gasteiger partial charge in [-0.2, -0.15) is 5.10 Å². The summed E-state index contributed by atoms with van der Waals surface area (Å²) in [5, 5.41) is 28.7. The largest absolute Gasteiger partial charge is 0.507 e. The summed E-state index contributed by atoms with van der Waals surface area (Å²) in [6.45, 7) is 0.753. The highest BCUT2D eigenvalue weighted by molar-refractivity contribution is 5.94. The molecule has 2 aromatic rings. The molecule has 0 atom stereocenters. The zero-order valence-electron chi connectivity index (χ0n) is 13.5. The summed E-state index contributed by atoms with van der Waals surface area (Å²) < 4.78 is 5.21. The summed E-state index contributed by atoms with van der Waals surface area (Å²) in [4.78, 5) is 23.9. The van der Waals surface area contributed by atoms with Gasteiger partial charge in [0, 0.05) is 25.3 Å². The minimum Gasteiger partial charge on any atom is -0.507 e. The van der Waals surface area contributed by atoms with E-state index in [2.05, 4.69) is 15.5 Å². The molecule has 1 amide bonds. The van der Waals surface area contributed by atoms with Crippen molar-refractivity contribution in [2.75, 3.05) is 19.8 Å². The molecule has 1 aromatic carbocycles. The molecule has 0 unspecified atom stereocenters. The number of aromatic nitrogens is 2. The SMILES string of the molecule is O=C(NCC1(C(=O)O)CCOCC1)c1cc(-c2ccccc2O)n[nH]1. The normalized spacial score (nSPS) is 16.3. The predicted octanol–water partition coefficient (Wildman–Crippen LogP) is 1.39. The second-order valence-corrected chi connectivity index (χ2v) is 6.06. The lowest BCUT2D eigenvalue weighted by Gasteiger charge is -2.33. The molecule has 0 bridgehead atoms. The Kier molecular flexibility index (Phi) is 4.71. The number of nitrogens with one attached hydrogen (secondary N) is 2. The first-order valence-corrected chi connectivity index (χ1v) is 7.95. The van der Waals surface area contributed by atoms with Gasteiger partial charge in [-0.05, 0) is 31.0 Å². The van der Waals surface area contributed by atoms with Crippen LogP contribution in [0.25, 0.3) is 11.3 Å². The minimum absolute atomic E-state index is 0.0233. The summed E-state index contributed by atoms with van der Waals surface area (Å²) in [6.07, 6.45) is 0.712. The molecule has 1 aromatic heterocycles. The van der Waals surface area contributed by atoms with E-state index < -0.39 is 17.3 Å².